The van der Waals surface area contributed by atoms with Crippen LogP contribution in [0.25, 0.3) is 0 Å². The Kier molecular flexibility index (Phi) is 14.4. The summed E-state index contributed by atoms with van der Waals surface area (Å²) >= 11 is 0. The van der Waals surface area contributed by atoms with Gasteiger partial charge < -0.3 is 9.08 Å². The Morgan fingerprint density at radius 1 is 0.755 bits per heavy atom. The Bertz CT molecular complexity index is 1970. The highest BCUT2D eigenvalue weighted by Crippen LogP contribution is 2.41. The van der Waals surface area contributed by atoms with Crippen LogP contribution in [0.2, 0.25) is 0 Å². The minimum Gasteiger partial charge on any atom is -0.378 e. The predicted molar refractivity (Wildman–Crippen MR) is 173 cm³/mol. The lowest BCUT2D eigenvalue weighted by Gasteiger charge is -2.37. The van der Waals surface area contributed by atoms with E-state index < -0.39 is 74.0 Å². The van der Waals surface area contributed by atoms with Crippen LogP contribution in [0.4, 0.5) is 45.2 Å². The molecule has 0 saturated carbocycles. The Labute approximate surface area is 300 Å². The zero-order chi connectivity index (χ0) is 41.1. The topological polar surface area (TPSA) is 170 Å². The number of hydrogen-bond donors (Lipinski definition) is 1. The molecule has 1 aliphatic heterocycles. The van der Waals surface area contributed by atoms with Gasteiger partial charge in [-0.2, -0.15) is 64.8 Å². The molecule has 1 atom stereocenters. The molecule has 2 aromatic rings. The summed E-state index contributed by atoms with van der Waals surface area (Å²) in [5, 5.41) is 3.65. The molecule has 1 N–H and O–H groups in total. The molecule has 1 aliphatic rings. The first kappa shape index (κ1) is 46.3. The van der Waals surface area contributed by atoms with Crippen LogP contribution < -0.4 is 14.4 Å². The van der Waals surface area contributed by atoms with Gasteiger partial charge >= 0.3 is 46.9 Å². The highest BCUT2D eigenvalue weighted by Gasteiger charge is 2.57. The van der Waals surface area contributed by atoms with E-state index in [1.54, 1.807) is 18.2 Å². The molecule has 2 aromatic carbocycles. The summed E-state index contributed by atoms with van der Waals surface area (Å²) in [5.74, 6) is -0.562. The van der Waals surface area contributed by atoms with E-state index in [0.717, 1.165) is 43.5 Å². The van der Waals surface area contributed by atoms with Gasteiger partial charge in [-0.25, -0.2) is 8.42 Å². The van der Waals surface area contributed by atoms with Crippen molar-refractivity contribution < 1.29 is 81.0 Å². The van der Waals surface area contributed by atoms with E-state index in [1.807, 2.05) is 36.5 Å². The molecule has 0 fully saturated rings. The summed E-state index contributed by atoms with van der Waals surface area (Å²) in [4.78, 5) is 2.06. The van der Waals surface area contributed by atoms with Crippen molar-refractivity contribution in [1.29, 1.82) is 0 Å². The molecule has 12 nitrogen and oxygen atoms in total. The highest BCUT2D eigenvalue weighted by atomic mass is 32.3. The minimum absolute atomic E-state index is 0.0736. The molecular formula is C28H35F9N2O10S4. The van der Waals surface area contributed by atoms with Gasteiger partial charge in [0.25, 0.3) is 0 Å². The number of fused-ring (bicyclic) bond motifs is 1. The molecule has 0 saturated heterocycles. The maximum atomic E-state index is 13.8. The van der Waals surface area contributed by atoms with E-state index >= 15 is 0 Å². The van der Waals surface area contributed by atoms with Crippen molar-refractivity contribution in [2.45, 2.75) is 85.4 Å². The quantitative estimate of drug-likeness (QED) is 0.145. The van der Waals surface area contributed by atoms with Crippen LogP contribution in [0.3, 0.4) is 0 Å². The second kappa shape index (κ2) is 16.5. The van der Waals surface area contributed by atoms with E-state index in [2.05, 4.69) is 9.50 Å². The number of rotatable bonds is 12. The van der Waals surface area contributed by atoms with Gasteiger partial charge in [-0.1, -0.05) is 51.7 Å². The third-order valence-electron chi connectivity index (χ3n) is 7.54. The number of nitrogens with one attached hydrogen (secondary N) is 1. The molecule has 1 unspecified atom stereocenters. The van der Waals surface area contributed by atoms with Crippen LogP contribution in [-0.4, -0.2) is 75.6 Å². The molecule has 53 heavy (non-hydrogen) atoms. The Morgan fingerprint density at radius 3 is 1.60 bits per heavy atom. The number of hydrogen-bond acceptors (Lipinski definition) is 12. The summed E-state index contributed by atoms with van der Waals surface area (Å²) < 4.78 is 203. The molecule has 304 valence electrons. The van der Waals surface area contributed by atoms with E-state index in [-0.39, 0.29) is 10.6 Å². The first-order valence-electron chi connectivity index (χ1n) is 15.1. The van der Waals surface area contributed by atoms with Crippen molar-refractivity contribution in [3.63, 3.8) is 0 Å². The average Bonchev–Trinajstić information content (AvgIpc) is 3.09. The monoisotopic (exact) mass is 858 g/mol. The van der Waals surface area contributed by atoms with E-state index in [9.17, 15) is 73.2 Å². The second-order valence-electron chi connectivity index (χ2n) is 11.9. The van der Waals surface area contributed by atoms with Gasteiger partial charge in [-0.3, -0.25) is 5.32 Å². The Morgan fingerprint density at radius 2 is 1.21 bits per heavy atom. The third kappa shape index (κ3) is 11.6. The normalized spacial score (nSPS) is 17.9. The van der Waals surface area contributed by atoms with Gasteiger partial charge in [-0.15, -0.1) is 3.63 Å². The highest BCUT2D eigenvalue weighted by molar-refractivity contribution is 8.00. The minimum atomic E-state index is -6.85. The number of sulfone groups is 1. The fraction of sp³-hybridized carbons (Fsp3) is 0.571. The van der Waals surface area contributed by atoms with Crippen LogP contribution in [0, 0.1) is 0 Å². The van der Waals surface area contributed by atoms with Crippen LogP contribution in [0.15, 0.2) is 47.4 Å². The van der Waals surface area contributed by atoms with Gasteiger partial charge in [0.15, 0.2) is 9.84 Å². The Hall–Kier alpha value is -2.87. The second-order valence-corrected chi connectivity index (χ2v) is 18.6. The van der Waals surface area contributed by atoms with Crippen LogP contribution in [-0.2, 0) is 43.8 Å². The lowest BCUT2D eigenvalue weighted by Crippen LogP contribution is -2.50. The number of nitrogens with zero attached hydrogens (tertiary/aromatic N) is 1. The van der Waals surface area contributed by atoms with Crippen LogP contribution in [0.5, 0.6) is 5.75 Å². The number of unbranched alkanes of at least 4 members (excludes halogenated alkanes) is 2. The van der Waals surface area contributed by atoms with Crippen molar-refractivity contribution in [2.24, 2.45) is 0 Å². The lowest BCUT2D eigenvalue weighted by molar-refractivity contribution is -0.0586. The molecule has 0 radical (unpaired) electrons. The number of benzene rings is 2. The standard InChI is InChI=1S/C26H35F3N2O5S2.C2F6O5S2/c1-5-7-15-25(16-8-6-2)18-37(32,33)23-14-11-20(31(3)4)17-22(23)24(30-25)19-9-12-21(13-10-19)36-38(34,35)26(27,28)29;3-1(4,5)14(9,10)13-15(11,12)2(6,7)8/h9-14,17,24,30H,5-8,15-16,18H2,1-4H3;. The molecule has 3 rings (SSSR count). The SMILES string of the molecule is CCCCC1(CCCC)CS(=O)(=O)c2ccc(N(C)C)cc2C(c2ccc(OS(=O)(=O)C(F)(F)F)cc2)N1.O=S(=O)(OS(=O)(=O)C(F)(F)F)C(F)(F)F. The molecule has 0 spiro atoms. The van der Waals surface area contributed by atoms with Crippen molar-refractivity contribution in [2.75, 3.05) is 24.7 Å². The van der Waals surface area contributed by atoms with Gasteiger partial charge in [0.2, 0.25) is 0 Å². The van der Waals surface area contributed by atoms with Crippen molar-refractivity contribution >= 4 is 45.9 Å². The first-order chi connectivity index (χ1) is 23.9. The molecule has 0 aliphatic carbocycles. The number of halogens is 9. The maximum absolute atomic E-state index is 13.8. The summed E-state index contributed by atoms with van der Waals surface area (Å²) in [7, 11) is -19.5. The van der Waals surface area contributed by atoms with Crippen molar-refractivity contribution in [1.82, 2.24) is 5.32 Å². The third-order valence-corrected chi connectivity index (χ3v) is 13.1. The van der Waals surface area contributed by atoms with E-state index in [0.29, 0.717) is 24.0 Å². The molecule has 25 heteroatoms. The predicted octanol–water partition coefficient (Wildman–Crippen LogP) is 6.27. The Balaban J connectivity index is 0.000000546. The fourth-order valence-electron chi connectivity index (χ4n) is 4.98. The molecule has 1 heterocycles. The van der Waals surface area contributed by atoms with E-state index in [1.165, 1.54) is 12.1 Å². The summed E-state index contributed by atoms with van der Waals surface area (Å²) in [6.45, 7) is 4.09. The number of alkyl halides is 9. The molecular weight excluding hydrogens is 824 g/mol. The maximum Gasteiger partial charge on any atom is 0.534 e. The fourth-order valence-corrected chi connectivity index (χ4v) is 9.07. The summed E-state index contributed by atoms with van der Waals surface area (Å²) in [6, 6.07) is 9.78. The largest absolute Gasteiger partial charge is 0.534 e. The summed E-state index contributed by atoms with van der Waals surface area (Å²) in [6.07, 6.45) is 4.69. The zero-order valence-electron chi connectivity index (χ0n) is 28.1. The summed E-state index contributed by atoms with van der Waals surface area (Å²) in [5.41, 5.74) is -16.9. The number of anilines is 1. The van der Waals surface area contributed by atoms with Crippen molar-refractivity contribution in [3.8, 4) is 5.75 Å². The molecule has 0 aromatic heterocycles. The van der Waals surface area contributed by atoms with Gasteiger partial charge in [-0.05, 0) is 54.3 Å². The van der Waals surface area contributed by atoms with Gasteiger partial charge in [0, 0.05) is 25.3 Å². The van der Waals surface area contributed by atoms with Gasteiger partial charge in [0.1, 0.15) is 5.75 Å². The van der Waals surface area contributed by atoms with Crippen molar-refractivity contribution in [3.05, 3.63) is 53.6 Å². The molecule has 0 bridgehead atoms. The van der Waals surface area contributed by atoms with Crippen LogP contribution in [0.1, 0.15) is 69.5 Å². The van der Waals surface area contributed by atoms with Crippen LogP contribution >= 0.6 is 0 Å². The smallest absolute Gasteiger partial charge is 0.378 e. The molecule has 0 amide bonds. The average molecular weight is 859 g/mol. The lowest BCUT2D eigenvalue weighted by atomic mass is 9.86. The van der Waals surface area contributed by atoms with E-state index in [4.69, 9.17) is 0 Å². The van der Waals surface area contributed by atoms with Gasteiger partial charge in [0.05, 0.1) is 16.7 Å². The first-order valence-corrected chi connectivity index (χ1v) is 21.0. The zero-order valence-corrected chi connectivity index (χ0v) is 31.4.